The highest BCUT2D eigenvalue weighted by atomic mass is 16.5. The summed E-state index contributed by atoms with van der Waals surface area (Å²) < 4.78 is 5.24. The second-order valence-electron chi connectivity index (χ2n) is 5.54. The summed E-state index contributed by atoms with van der Waals surface area (Å²) >= 11 is 0. The van der Waals surface area contributed by atoms with Crippen LogP contribution in [-0.4, -0.2) is 24.4 Å². The molecule has 0 atom stereocenters. The molecular weight excluding hydrogens is 200 g/mol. The molecule has 0 aliphatic heterocycles. The molecule has 2 heteroatoms. The van der Waals surface area contributed by atoms with Gasteiger partial charge in [0.15, 0.2) is 0 Å². The Labute approximate surface area is 100 Å². The van der Waals surface area contributed by atoms with Gasteiger partial charge in [-0.1, -0.05) is 32.1 Å². The van der Waals surface area contributed by atoms with Gasteiger partial charge in [0.1, 0.15) is 5.60 Å². The van der Waals surface area contributed by atoms with Gasteiger partial charge in [0.05, 0.1) is 0 Å². The molecular formula is C14H26O2. The van der Waals surface area contributed by atoms with E-state index in [9.17, 15) is 0 Å². The van der Waals surface area contributed by atoms with Crippen LogP contribution in [0.25, 0.3) is 0 Å². The smallest absolute Gasteiger partial charge is 0.122 e. The van der Waals surface area contributed by atoms with E-state index in [-0.39, 0.29) is 11.0 Å². The molecule has 0 aliphatic rings. The lowest BCUT2D eigenvalue weighted by molar-refractivity contribution is 0.0740. The molecule has 0 rings (SSSR count). The highest BCUT2D eigenvalue weighted by Gasteiger charge is 2.16. The fourth-order valence-electron chi connectivity index (χ4n) is 1.35. The van der Waals surface area contributed by atoms with Crippen molar-refractivity contribution in [2.75, 3.05) is 13.7 Å². The van der Waals surface area contributed by atoms with E-state index < -0.39 is 0 Å². The van der Waals surface area contributed by atoms with Crippen molar-refractivity contribution in [3.8, 4) is 11.8 Å². The fourth-order valence-corrected chi connectivity index (χ4v) is 1.35. The Balaban J connectivity index is 4.06. The second-order valence-corrected chi connectivity index (χ2v) is 5.54. The van der Waals surface area contributed by atoms with Crippen molar-refractivity contribution in [3.05, 3.63) is 0 Å². The van der Waals surface area contributed by atoms with Crippen molar-refractivity contribution < 1.29 is 9.84 Å². The van der Waals surface area contributed by atoms with Gasteiger partial charge >= 0.3 is 0 Å². The molecule has 1 N–H and O–H groups in total. The summed E-state index contributed by atoms with van der Waals surface area (Å²) in [6, 6.07) is 0. The lowest BCUT2D eigenvalue weighted by atomic mass is 9.84. The maximum atomic E-state index is 8.73. The van der Waals surface area contributed by atoms with E-state index in [4.69, 9.17) is 9.84 Å². The molecule has 0 spiro atoms. The van der Waals surface area contributed by atoms with Crippen molar-refractivity contribution in [2.45, 2.75) is 59.0 Å². The van der Waals surface area contributed by atoms with Gasteiger partial charge in [-0.25, -0.2) is 0 Å². The zero-order valence-electron chi connectivity index (χ0n) is 11.4. The van der Waals surface area contributed by atoms with Crippen LogP contribution in [0.2, 0.25) is 0 Å². The van der Waals surface area contributed by atoms with E-state index in [1.54, 1.807) is 7.11 Å². The van der Waals surface area contributed by atoms with Crippen molar-refractivity contribution >= 4 is 0 Å². The molecule has 0 aromatic carbocycles. The molecule has 0 aromatic heterocycles. The molecule has 0 radical (unpaired) electrons. The lowest BCUT2D eigenvalue weighted by Crippen LogP contribution is -2.19. The zero-order chi connectivity index (χ0) is 12.7. The second kappa shape index (κ2) is 6.93. The van der Waals surface area contributed by atoms with Crippen LogP contribution < -0.4 is 0 Å². The molecule has 0 aromatic rings. The van der Waals surface area contributed by atoms with Gasteiger partial charge in [0, 0.05) is 20.1 Å². The average Bonchev–Trinajstić information content (AvgIpc) is 2.17. The summed E-state index contributed by atoms with van der Waals surface area (Å²) in [5.41, 5.74) is -0.118. The van der Waals surface area contributed by atoms with Crippen LogP contribution in [0.1, 0.15) is 53.4 Å². The number of hydrogen-bond donors (Lipinski definition) is 1. The minimum Gasteiger partial charge on any atom is -0.396 e. The Bertz CT molecular complexity index is 243. The van der Waals surface area contributed by atoms with Gasteiger partial charge in [-0.15, -0.1) is 0 Å². The third-order valence-electron chi connectivity index (χ3n) is 2.73. The van der Waals surface area contributed by atoms with Crippen LogP contribution in [0.3, 0.4) is 0 Å². The Morgan fingerprint density at radius 1 is 1.12 bits per heavy atom. The first-order valence-electron chi connectivity index (χ1n) is 5.99. The number of hydrogen-bond acceptors (Lipinski definition) is 2. The quantitative estimate of drug-likeness (QED) is 0.557. The Morgan fingerprint density at radius 3 is 2.25 bits per heavy atom. The number of rotatable bonds is 6. The summed E-state index contributed by atoms with van der Waals surface area (Å²) in [6.45, 7) is 8.67. The predicted molar refractivity (Wildman–Crippen MR) is 68.2 cm³/mol. The van der Waals surface area contributed by atoms with Crippen LogP contribution in [-0.2, 0) is 4.74 Å². The minimum absolute atomic E-state index is 0.228. The molecule has 0 heterocycles. The zero-order valence-corrected chi connectivity index (χ0v) is 11.4. The SMILES string of the molecule is COC(C)(C)C#CCC(C)(C)CCCCO. The topological polar surface area (TPSA) is 29.5 Å². The van der Waals surface area contributed by atoms with Crippen LogP contribution in [0.5, 0.6) is 0 Å². The van der Waals surface area contributed by atoms with E-state index in [2.05, 4.69) is 25.7 Å². The number of ether oxygens (including phenoxy) is 1. The van der Waals surface area contributed by atoms with Crippen LogP contribution in [0, 0.1) is 17.3 Å². The molecule has 0 bridgehead atoms. The molecule has 0 aliphatic carbocycles. The standard InChI is InChI=1S/C14H26O2/c1-13(2,9-6-7-12-15)10-8-11-14(3,4)16-5/h15H,6-7,9-10,12H2,1-5H3. The van der Waals surface area contributed by atoms with Crippen molar-refractivity contribution in [3.63, 3.8) is 0 Å². The third kappa shape index (κ3) is 7.73. The number of aliphatic hydroxyl groups excluding tert-OH is 1. The van der Waals surface area contributed by atoms with Crippen molar-refractivity contribution in [1.82, 2.24) is 0 Å². The van der Waals surface area contributed by atoms with Gasteiger partial charge in [0.2, 0.25) is 0 Å². The van der Waals surface area contributed by atoms with Crippen LogP contribution in [0.15, 0.2) is 0 Å². The normalized spacial score (nSPS) is 12.1. The van der Waals surface area contributed by atoms with Gasteiger partial charge in [-0.3, -0.25) is 0 Å². The van der Waals surface area contributed by atoms with Crippen molar-refractivity contribution in [2.24, 2.45) is 5.41 Å². The van der Waals surface area contributed by atoms with E-state index in [0.717, 1.165) is 25.7 Å². The highest BCUT2D eigenvalue weighted by molar-refractivity contribution is 5.12. The molecule has 16 heavy (non-hydrogen) atoms. The molecule has 0 saturated heterocycles. The van der Waals surface area contributed by atoms with Crippen molar-refractivity contribution in [1.29, 1.82) is 0 Å². The molecule has 2 nitrogen and oxygen atoms in total. The molecule has 0 amide bonds. The number of aliphatic hydroxyl groups is 1. The number of unbranched alkanes of at least 4 members (excludes halogenated alkanes) is 1. The fraction of sp³-hybridized carbons (Fsp3) is 0.857. The number of methoxy groups -OCH3 is 1. The summed E-state index contributed by atoms with van der Waals surface area (Å²) in [5.74, 6) is 6.34. The van der Waals surface area contributed by atoms with Gasteiger partial charge in [0.25, 0.3) is 0 Å². The summed E-state index contributed by atoms with van der Waals surface area (Å²) in [6.07, 6.45) is 3.94. The summed E-state index contributed by atoms with van der Waals surface area (Å²) in [5, 5.41) is 8.73. The largest absolute Gasteiger partial charge is 0.396 e. The Kier molecular flexibility index (Phi) is 6.71. The molecule has 0 saturated carbocycles. The summed E-state index contributed by atoms with van der Waals surface area (Å²) in [7, 11) is 1.68. The van der Waals surface area contributed by atoms with E-state index >= 15 is 0 Å². The third-order valence-corrected chi connectivity index (χ3v) is 2.73. The molecule has 94 valence electrons. The molecule has 0 fully saturated rings. The van der Waals surface area contributed by atoms with E-state index in [1.807, 2.05) is 13.8 Å². The van der Waals surface area contributed by atoms with Gasteiger partial charge in [-0.2, -0.15) is 0 Å². The van der Waals surface area contributed by atoms with E-state index in [1.165, 1.54) is 0 Å². The maximum Gasteiger partial charge on any atom is 0.122 e. The Hall–Kier alpha value is -0.520. The molecule has 0 unspecified atom stereocenters. The highest BCUT2D eigenvalue weighted by Crippen LogP contribution is 2.26. The summed E-state index contributed by atoms with van der Waals surface area (Å²) in [4.78, 5) is 0. The maximum absolute atomic E-state index is 8.73. The Morgan fingerprint density at radius 2 is 1.75 bits per heavy atom. The van der Waals surface area contributed by atoms with Gasteiger partial charge < -0.3 is 9.84 Å². The predicted octanol–water partition coefficient (Wildman–Crippen LogP) is 2.99. The average molecular weight is 226 g/mol. The van der Waals surface area contributed by atoms with E-state index in [0.29, 0.717) is 6.61 Å². The first kappa shape index (κ1) is 15.5. The monoisotopic (exact) mass is 226 g/mol. The first-order valence-corrected chi connectivity index (χ1v) is 5.99. The van der Waals surface area contributed by atoms with Gasteiger partial charge in [-0.05, 0) is 32.1 Å². The van der Waals surface area contributed by atoms with Crippen LogP contribution >= 0.6 is 0 Å². The minimum atomic E-state index is -0.346. The van der Waals surface area contributed by atoms with Crippen LogP contribution in [0.4, 0.5) is 0 Å². The first-order chi connectivity index (χ1) is 7.33. The lowest BCUT2D eigenvalue weighted by Gasteiger charge is -2.22.